The van der Waals surface area contributed by atoms with Crippen LogP contribution in [0, 0.1) is 0 Å². The summed E-state index contributed by atoms with van der Waals surface area (Å²) in [6.07, 6.45) is 0.977. The van der Waals surface area contributed by atoms with E-state index in [1.807, 2.05) is 35.0 Å². The van der Waals surface area contributed by atoms with Crippen LogP contribution in [-0.4, -0.2) is 59.1 Å². The van der Waals surface area contributed by atoms with E-state index in [9.17, 15) is 8.42 Å². The van der Waals surface area contributed by atoms with Crippen molar-refractivity contribution in [1.29, 1.82) is 0 Å². The molecule has 1 aliphatic rings. The molecule has 9 heteroatoms. The molecule has 2 aromatic carbocycles. The fourth-order valence-electron chi connectivity index (χ4n) is 3.66. The second kappa shape index (κ2) is 7.94. The van der Waals surface area contributed by atoms with Crippen LogP contribution in [0.15, 0.2) is 47.4 Å². The summed E-state index contributed by atoms with van der Waals surface area (Å²) in [5.74, 6) is 0.864. The highest BCUT2D eigenvalue weighted by Gasteiger charge is 2.31. The van der Waals surface area contributed by atoms with E-state index in [0.717, 1.165) is 49.2 Å². The third kappa shape index (κ3) is 3.78. The predicted octanol–water partition coefficient (Wildman–Crippen LogP) is 0.326. The van der Waals surface area contributed by atoms with Crippen molar-refractivity contribution < 1.29 is 13.3 Å². The normalized spacial score (nSPS) is 16.6. The van der Waals surface area contributed by atoms with Crippen molar-refractivity contribution in [3.8, 4) is 0 Å². The summed E-state index contributed by atoms with van der Waals surface area (Å²) in [5.41, 5.74) is 0. The van der Waals surface area contributed by atoms with Crippen LogP contribution >= 0.6 is 0 Å². The highest BCUT2D eigenvalue weighted by atomic mass is 32.2. The number of quaternary nitrogens is 1. The Balaban J connectivity index is 1.44. The van der Waals surface area contributed by atoms with Crippen LogP contribution in [0.5, 0.6) is 0 Å². The summed E-state index contributed by atoms with van der Waals surface area (Å²) in [6.45, 7) is 6.10. The van der Waals surface area contributed by atoms with Gasteiger partial charge in [0.15, 0.2) is 0 Å². The van der Waals surface area contributed by atoms with Gasteiger partial charge < -0.3 is 4.90 Å². The Morgan fingerprint density at radius 3 is 2.57 bits per heavy atom. The van der Waals surface area contributed by atoms with E-state index in [0.29, 0.717) is 18.0 Å². The Morgan fingerprint density at radius 1 is 1.07 bits per heavy atom. The zero-order valence-corrected chi connectivity index (χ0v) is 16.8. The highest BCUT2D eigenvalue weighted by molar-refractivity contribution is 7.89. The van der Waals surface area contributed by atoms with Gasteiger partial charge in [0.25, 0.3) is 0 Å². The number of rotatable bonds is 6. The van der Waals surface area contributed by atoms with Crippen molar-refractivity contribution in [2.75, 3.05) is 26.2 Å². The van der Waals surface area contributed by atoms with E-state index in [2.05, 4.69) is 22.4 Å². The number of hydrogen-bond acceptors (Lipinski definition) is 5. The molecule has 0 atom stereocenters. The molecule has 8 nitrogen and oxygen atoms in total. The number of tetrazole rings is 1. The Hall–Kier alpha value is -2.36. The Bertz CT molecular complexity index is 1060. The van der Waals surface area contributed by atoms with Crippen LogP contribution in [0.4, 0.5) is 0 Å². The summed E-state index contributed by atoms with van der Waals surface area (Å²) in [7, 11) is -3.48. The van der Waals surface area contributed by atoms with Gasteiger partial charge in [-0.25, -0.2) is 13.1 Å². The molecule has 4 rings (SSSR count). The number of sulfonamides is 1. The molecule has 1 saturated heterocycles. The zero-order chi connectivity index (χ0) is 19.6. The van der Waals surface area contributed by atoms with E-state index in [4.69, 9.17) is 0 Å². The minimum Gasteiger partial charge on any atom is -0.326 e. The number of aromatic nitrogens is 4. The maximum Gasteiger partial charge on any atom is 0.243 e. The van der Waals surface area contributed by atoms with Gasteiger partial charge in [0, 0.05) is 6.54 Å². The van der Waals surface area contributed by atoms with Crippen LogP contribution < -0.4 is 4.90 Å². The number of aryl methyl sites for hydroxylation is 1. The first-order valence-electron chi connectivity index (χ1n) is 9.65. The van der Waals surface area contributed by atoms with Gasteiger partial charge in [-0.1, -0.05) is 37.3 Å². The van der Waals surface area contributed by atoms with Crippen LogP contribution in [0.3, 0.4) is 0 Å². The first kappa shape index (κ1) is 19.0. The lowest BCUT2D eigenvalue weighted by Gasteiger charge is -2.31. The molecule has 0 bridgehead atoms. The van der Waals surface area contributed by atoms with E-state index in [-0.39, 0.29) is 0 Å². The first-order valence-corrected chi connectivity index (χ1v) is 11.1. The number of hydrogen-bond donors (Lipinski definition) is 1. The Kier molecular flexibility index (Phi) is 5.38. The average Bonchev–Trinajstić information content (AvgIpc) is 3.15. The van der Waals surface area contributed by atoms with Gasteiger partial charge in [-0.15, -0.1) is 5.10 Å². The van der Waals surface area contributed by atoms with E-state index >= 15 is 0 Å². The van der Waals surface area contributed by atoms with Gasteiger partial charge in [-0.05, 0) is 39.8 Å². The van der Waals surface area contributed by atoms with Crippen LogP contribution in [-0.2, 0) is 23.1 Å². The second-order valence-corrected chi connectivity index (χ2v) is 9.10. The standard InChI is InChI=1S/C19H24N6O2S/c1-2-9-25-19(20-21-22-25)15-23-10-12-24(13-11-23)28(26,27)18-8-7-16-5-3-4-6-17(16)14-18/h3-8,14H,2,9-13,15H2,1H3/p+1. The number of nitrogens with zero attached hydrogens (tertiary/aromatic N) is 5. The number of piperazine rings is 1. The van der Waals surface area contributed by atoms with Crippen molar-refractivity contribution >= 4 is 20.8 Å². The third-order valence-electron chi connectivity index (χ3n) is 5.24. The lowest BCUT2D eigenvalue weighted by Crippen LogP contribution is -3.13. The van der Waals surface area contributed by atoms with Crippen molar-refractivity contribution in [3.05, 3.63) is 48.3 Å². The Labute approximate surface area is 164 Å². The van der Waals surface area contributed by atoms with Gasteiger partial charge in [0.1, 0.15) is 6.54 Å². The Morgan fingerprint density at radius 2 is 1.82 bits per heavy atom. The SMILES string of the molecule is CCCn1nnnc1C[NH+]1CCN(S(=O)(=O)c2ccc3ccccc3c2)CC1. The molecule has 2 heterocycles. The summed E-state index contributed by atoms with van der Waals surface area (Å²) in [4.78, 5) is 1.67. The molecule has 0 amide bonds. The molecule has 28 heavy (non-hydrogen) atoms. The summed E-state index contributed by atoms with van der Waals surface area (Å²) >= 11 is 0. The smallest absolute Gasteiger partial charge is 0.243 e. The van der Waals surface area contributed by atoms with Gasteiger partial charge in [0.05, 0.1) is 31.1 Å². The lowest BCUT2D eigenvalue weighted by atomic mass is 10.1. The molecule has 0 radical (unpaired) electrons. The lowest BCUT2D eigenvalue weighted by molar-refractivity contribution is -0.918. The zero-order valence-electron chi connectivity index (χ0n) is 16.0. The highest BCUT2D eigenvalue weighted by Crippen LogP contribution is 2.21. The molecular formula is C19H25N6O2S+. The van der Waals surface area contributed by atoms with Gasteiger partial charge in [-0.3, -0.25) is 0 Å². The maximum absolute atomic E-state index is 13.1. The maximum atomic E-state index is 13.1. The second-order valence-electron chi connectivity index (χ2n) is 7.16. The molecule has 148 valence electrons. The predicted molar refractivity (Wildman–Crippen MR) is 105 cm³/mol. The minimum absolute atomic E-state index is 0.363. The molecule has 0 saturated carbocycles. The summed E-state index contributed by atoms with van der Waals surface area (Å²) in [6, 6.07) is 13.1. The van der Waals surface area contributed by atoms with Gasteiger partial charge in [-0.2, -0.15) is 4.31 Å². The number of benzene rings is 2. The fourth-order valence-corrected chi connectivity index (χ4v) is 5.13. The topological polar surface area (TPSA) is 85.4 Å². The molecule has 1 aromatic heterocycles. The van der Waals surface area contributed by atoms with Crippen molar-refractivity contribution in [3.63, 3.8) is 0 Å². The average molecular weight is 402 g/mol. The molecule has 0 aliphatic carbocycles. The monoisotopic (exact) mass is 401 g/mol. The molecule has 3 aromatic rings. The minimum atomic E-state index is -3.48. The number of nitrogens with one attached hydrogen (secondary N) is 1. The molecule has 1 aliphatic heterocycles. The van der Waals surface area contributed by atoms with Crippen LogP contribution in [0.1, 0.15) is 19.2 Å². The van der Waals surface area contributed by atoms with Crippen molar-refractivity contribution in [2.45, 2.75) is 31.3 Å². The van der Waals surface area contributed by atoms with E-state index < -0.39 is 10.0 Å². The quantitative estimate of drug-likeness (QED) is 0.643. The first-order chi connectivity index (χ1) is 13.6. The summed E-state index contributed by atoms with van der Waals surface area (Å²) in [5, 5.41) is 13.9. The molecular weight excluding hydrogens is 376 g/mol. The molecule has 1 N–H and O–H groups in total. The largest absolute Gasteiger partial charge is 0.326 e. The van der Waals surface area contributed by atoms with Gasteiger partial charge >= 0.3 is 0 Å². The third-order valence-corrected chi connectivity index (χ3v) is 7.13. The van der Waals surface area contributed by atoms with E-state index in [1.54, 1.807) is 16.4 Å². The molecule has 1 fully saturated rings. The van der Waals surface area contributed by atoms with Crippen LogP contribution in [0.2, 0.25) is 0 Å². The molecule has 0 spiro atoms. The van der Waals surface area contributed by atoms with Gasteiger partial charge in [0.2, 0.25) is 15.8 Å². The van der Waals surface area contributed by atoms with E-state index in [1.165, 1.54) is 4.90 Å². The van der Waals surface area contributed by atoms with Crippen LogP contribution in [0.25, 0.3) is 10.8 Å². The van der Waals surface area contributed by atoms with Crippen molar-refractivity contribution in [1.82, 2.24) is 24.5 Å². The fraction of sp³-hybridized carbons (Fsp3) is 0.421. The summed E-state index contributed by atoms with van der Waals surface area (Å²) < 4.78 is 29.6. The van der Waals surface area contributed by atoms with Crippen molar-refractivity contribution in [2.24, 2.45) is 0 Å². The molecule has 0 unspecified atom stereocenters. The number of fused-ring (bicyclic) bond motifs is 1.